The van der Waals surface area contributed by atoms with E-state index in [-0.39, 0.29) is 6.42 Å². The maximum Gasteiger partial charge on any atom is 0.307 e. The van der Waals surface area contributed by atoms with Gasteiger partial charge in [-0.05, 0) is 44.9 Å². The van der Waals surface area contributed by atoms with E-state index in [9.17, 15) is 4.79 Å². The molecule has 0 unspecified atom stereocenters. The molecule has 2 heteroatoms. The van der Waals surface area contributed by atoms with Crippen LogP contribution in [0.4, 0.5) is 0 Å². The van der Waals surface area contributed by atoms with Crippen molar-refractivity contribution in [3.63, 3.8) is 0 Å². The number of carboxylic acid groups (broad SMARTS) is 1. The van der Waals surface area contributed by atoms with Gasteiger partial charge in [-0.3, -0.25) is 4.79 Å². The second kappa shape index (κ2) is 15.7. The Morgan fingerprint density at radius 3 is 1.80 bits per heavy atom. The molecule has 114 valence electrons. The van der Waals surface area contributed by atoms with E-state index in [1.165, 1.54) is 32.1 Å². The van der Waals surface area contributed by atoms with Gasteiger partial charge in [-0.25, -0.2) is 0 Å². The van der Waals surface area contributed by atoms with E-state index in [0.29, 0.717) is 0 Å². The van der Waals surface area contributed by atoms with Crippen LogP contribution in [0.1, 0.15) is 71.1 Å². The number of unbranched alkanes of at least 4 members (excludes halogenated alkanes) is 6. The summed E-state index contributed by atoms with van der Waals surface area (Å²) in [6, 6.07) is 0. The second-order valence-corrected chi connectivity index (χ2v) is 5.03. The lowest BCUT2D eigenvalue weighted by molar-refractivity contribution is -0.136. The maximum absolute atomic E-state index is 10.3. The predicted molar refractivity (Wildman–Crippen MR) is 86.9 cm³/mol. The van der Waals surface area contributed by atoms with Gasteiger partial charge in [0.15, 0.2) is 0 Å². The molecule has 0 atom stereocenters. The van der Waals surface area contributed by atoms with Gasteiger partial charge in [0.05, 0.1) is 6.42 Å². The molecule has 20 heavy (non-hydrogen) atoms. The van der Waals surface area contributed by atoms with Gasteiger partial charge in [0.2, 0.25) is 0 Å². The van der Waals surface area contributed by atoms with Crippen LogP contribution in [0.3, 0.4) is 0 Å². The number of allylic oxidation sites excluding steroid dienone is 5. The lowest BCUT2D eigenvalue weighted by Gasteiger charge is -1.93. The number of rotatable bonds is 13. The van der Waals surface area contributed by atoms with Gasteiger partial charge in [-0.2, -0.15) is 0 Å². The smallest absolute Gasteiger partial charge is 0.307 e. The Morgan fingerprint density at radius 1 is 0.800 bits per heavy atom. The fourth-order valence-corrected chi connectivity index (χ4v) is 1.85. The lowest BCUT2D eigenvalue weighted by atomic mass is 10.1. The van der Waals surface area contributed by atoms with Crippen LogP contribution in [0.25, 0.3) is 0 Å². The van der Waals surface area contributed by atoms with Crippen LogP contribution in [0.5, 0.6) is 0 Å². The van der Waals surface area contributed by atoms with Crippen LogP contribution < -0.4 is 0 Å². The third kappa shape index (κ3) is 16.7. The summed E-state index contributed by atoms with van der Waals surface area (Å²) in [6.07, 6.45) is 23.5. The summed E-state index contributed by atoms with van der Waals surface area (Å²) >= 11 is 0. The first-order chi connectivity index (χ1) is 9.77. The summed E-state index contributed by atoms with van der Waals surface area (Å²) in [6.45, 7) is 2.23. The molecule has 0 aliphatic rings. The van der Waals surface area contributed by atoms with Crippen molar-refractivity contribution in [3.05, 3.63) is 36.5 Å². The van der Waals surface area contributed by atoms with Crippen molar-refractivity contribution in [2.24, 2.45) is 0 Å². The van der Waals surface area contributed by atoms with Crippen LogP contribution in [0.2, 0.25) is 0 Å². The van der Waals surface area contributed by atoms with E-state index < -0.39 is 5.97 Å². The van der Waals surface area contributed by atoms with Gasteiger partial charge in [0.25, 0.3) is 0 Å². The summed E-state index contributed by atoms with van der Waals surface area (Å²) in [5, 5.41) is 8.45. The van der Waals surface area contributed by atoms with Gasteiger partial charge in [-0.15, -0.1) is 0 Å². The zero-order valence-electron chi connectivity index (χ0n) is 12.9. The van der Waals surface area contributed by atoms with Gasteiger partial charge >= 0.3 is 5.97 Å². The molecule has 0 heterocycles. The summed E-state index contributed by atoms with van der Waals surface area (Å²) in [5.41, 5.74) is 0. The molecule has 0 amide bonds. The molecule has 0 radical (unpaired) electrons. The summed E-state index contributed by atoms with van der Waals surface area (Å²) in [4.78, 5) is 10.3. The van der Waals surface area contributed by atoms with E-state index in [1.807, 2.05) is 6.08 Å². The number of carbonyl (C=O) groups is 1. The molecule has 0 aromatic heterocycles. The van der Waals surface area contributed by atoms with E-state index in [1.54, 1.807) is 6.08 Å². The van der Waals surface area contributed by atoms with Crippen molar-refractivity contribution in [1.29, 1.82) is 0 Å². The first-order valence-corrected chi connectivity index (χ1v) is 7.94. The Kier molecular flexibility index (Phi) is 14.7. The molecule has 0 aliphatic heterocycles. The molecular formula is C18H30O2. The molecular weight excluding hydrogens is 248 g/mol. The minimum atomic E-state index is -0.757. The highest BCUT2D eigenvalue weighted by atomic mass is 16.4. The van der Waals surface area contributed by atoms with Crippen LogP contribution in [-0.4, -0.2) is 11.1 Å². The van der Waals surface area contributed by atoms with E-state index >= 15 is 0 Å². The number of aliphatic carboxylic acids is 1. The molecule has 0 aliphatic carbocycles. The van der Waals surface area contributed by atoms with Crippen LogP contribution in [-0.2, 0) is 4.79 Å². The molecule has 0 rings (SSSR count). The molecule has 0 spiro atoms. The Labute approximate surface area is 124 Å². The van der Waals surface area contributed by atoms with Gasteiger partial charge in [-0.1, -0.05) is 56.2 Å². The highest BCUT2D eigenvalue weighted by molar-refractivity contribution is 5.68. The normalized spacial score (nSPS) is 12.1. The monoisotopic (exact) mass is 278 g/mol. The Balaban J connectivity index is 3.27. The van der Waals surface area contributed by atoms with E-state index in [0.717, 1.165) is 25.7 Å². The lowest BCUT2D eigenvalue weighted by Crippen LogP contribution is -1.89. The van der Waals surface area contributed by atoms with Crippen molar-refractivity contribution in [3.8, 4) is 0 Å². The van der Waals surface area contributed by atoms with Crippen molar-refractivity contribution in [1.82, 2.24) is 0 Å². The number of carboxylic acids is 1. The van der Waals surface area contributed by atoms with Crippen molar-refractivity contribution >= 4 is 5.97 Å². The summed E-state index contributed by atoms with van der Waals surface area (Å²) < 4.78 is 0. The average molecular weight is 278 g/mol. The van der Waals surface area contributed by atoms with Crippen LogP contribution in [0, 0.1) is 0 Å². The van der Waals surface area contributed by atoms with E-state index in [2.05, 4.69) is 31.2 Å². The topological polar surface area (TPSA) is 37.3 Å². The SMILES string of the molecule is CCCCC/C=C/C/C=C/CCCC/C=C/CC(=O)O. The molecule has 0 fully saturated rings. The minimum absolute atomic E-state index is 0.143. The third-order valence-electron chi connectivity index (χ3n) is 3.03. The average Bonchev–Trinajstić information content (AvgIpc) is 2.43. The second-order valence-electron chi connectivity index (χ2n) is 5.03. The first-order valence-electron chi connectivity index (χ1n) is 7.94. The highest BCUT2D eigenvalue weighted by Crippen LogP contribution is 2.04. The third-order valence-corrected chi connectivity index (χ3v) is 3.03. The quantitative estimate of drug-likeness (QED) is 0.348. The van der Waals surface area contributed by atoms with Gasteiger partial charge in [0, 0.05) is 0 Å². The van der Waals surface area contributed by atoms with Crippen molar-refractivity contribution in [2.75, 3.05) is 0 Å². The first kappa shape index (κ1) is 18.7. The fourth-order valence-electron chi connectivity index (χ4n) is 1.85. The zero-order valence-corrected chi connectivity index (χ0v) is 12.9. The molecule has 0 saturated carbocycles. The number of hydrogen-bond donors (Lipinski definition) is 1. The predicted octanol–water partition coefficient (Wildman–Crippen LogP) is 5.66. The molecule has 0 aromatic rings. The standard InChI is InChI=1S/C18H30O2/c1-2-3-4-5-6-7-8-9-10-11-12-13-14-15-16-17-18(19)20/h6-7,9-10,15-16H,2-5,8,11-14,17H2,1H3,(H,19,20)/b7-6+,10-9+,16-15+. The van der Waals surface area contributed by atoms with Crippen LogP contribution in [0.15, 0.2) is 36.5 Å². The minimum Gasteiger partial charge on any atom is -0.481 e. The van der Waals surface area contributed by atoms with Gasteiger partial charge in [0.1, 0.15) is 0 Å². The molecule has 1 N–H and O–H groups in total. The summed E-state index contributed by atoms with van der Waals surface area (Å²) in [7, 11) is 0. The van der Waals surface area contributed by atoms with E-state index in [4.69, 9.17) is 5.11 Å². The largest absolute Gasteiger partial charge is 0.481 e. The Morgan fingerprint density at radius 2 is 1.30 bits per heavy atom. The zero-order chi connectivity index (χ0) is 14.9. The highest BCUT2D eigenvalue weighted by Gasteiger charge is 1.89. The molecule has 2 nitrogen and oxygen atoms in total. The fraction of sp³-hybridized carbons (Fsp3) is 0.611. The summed E-state index contributed by atoms with van der Waals surface area (Å²) in [5.74, 6) is -0.757. The van der Waals surface area contributed by atoms with Crippen molar-refractivity contribution in [2.45, 2.75) is 71.1 Å². The van der Waals surface area contributed by atoms with Crippen LogP contribution >= 0.6 is 0 Å². The molecule has 0 bridgehead atoms. The Bertz CT molecular complexity index is 301. The van der Waals surface area contributed by atoms with Crippen molar-refractivity contribution < 1.29 is 9.90 Å². The Hall–Kier alpha value is -1.31. The van der Waals surface area contributed by atoms with Gasteiger partial charge < -0.3 is 5.11 Å². The molecule has 0 aromatic carbocycles. The number of hydrogen-bond acceptors (Lipinski definition) is 1. The maximum atomic E-state index is 10.3. The molecule has 0 saturated heterocycles.